The SMILES string of the molecule is CCCCCCCC/C=C/CCCCCCCCCCCC(=O)OCC(O)COP(=O)(O)OCC(NC(=O)CCCCCCCCCCCCCCCCCC)C(=O)O. The average Bonchev–Trinajstić information content (AvgIpc) is 3.21. The zero-order chi connectivity index (χ0) is 43.5. The van der Waals surface area contributed by atoms with Gasteiger partial charge >= 0.3 is 19.8 Å². The van der Waals surface area contributed by atoms with Crippen molar-refractivity contribution < 1.29 is 47.8 Å². The number of ether oxygens (including phenoxy) is 1. The van der Waals surface area contributed by atoms with E-state index in [2.05, 4.69) is 31.3 Å². The van der Waals surface area contributed by atoms with Crippen LogP contribution in [0.15, 0.2) is 12.2 Å². The van der Waals surface area contributed by atoms with Gasteiger partial charge in [-0.05, 0) is 38.5 Å². The number of carbonyl (C=O) groups is 3. The molecule has 12 heteroatoms. The Morgan fingerprint density at radius 3 is 1.29 bits per heavy atom. The fourth-order valence-electron chi connectivity index (χ4n) is 7.02. The van der Waals surface area contributed by atoms with Crippen molar-refractivity contribution in [3.63, 3.8) is 0 Å². The second-order valence-corrected chi connectivity index (χ2v) is 18.1. The highest BCUT2D eigenvalue weighted by molar-refractivity contribution is 7.47. The summed E-state index contributed by atoms with van der Waals surface area (Å²) in [6.07, 6.45) is 43.7. The molecule has 4 N–H and O–H groups in total. The van der Waals surface area contributed by atoms with E-state index in [1.165, 1.54) is 161 Å². The third-order valence-electron chi connectivity index (χ3n) is 10.8. The van der Waals surface area contributed by atoms with Gasteiger partial charge in [-0.15, -0.1) is 0 Å². The molecule has 0 saturated carbocycles. The van der Waals surface area contributed by atoms with Gasteiger partial charge in [0.05, 0.1) is 13.2 Å². The minimum Gasteiger partial charge on any atom is -0.480 e. The second-order valence-electron chi connectivity index (χ2n) is 16.7. The first-order chi connectivity index (χ1) is 28.6. The van der Waals surface area contributed by atoms with Crippen molar-refractivity contribution in [1.82, 2.24) is 5.32 Å². The minimum absolute atomic E-state index is 0.151. The molecule has 0 aliphatic carbocycles. The topological polar surface area (TPSA) is 169 Å². The number of aliphatic carboxylic acids is 1. The summed E-state index contributed by atoms with van der Waals surface area (Å²) in [5, 5.41) is 21.9. The highest BCUT2D eigenvalue weighted by atomic mass is 31.2. The van der Waals surface area contributed by atoms with Gasteiger partial charge in [0.15, 0.2) is 6.04 Å². The molecule has 11 nitrogen and oxygen atoms in total. The molecular weight excluding hydrogens is 769 g/mol. The van der Waals surface area contributed by atoms with Crippen molar-refractivity contribution in [1.29, 1.82) is 0 Å². The van der Waals surface area contributed by atoms with Crippen molar-refractivity contribution in [2.24, 2.45) is 0 Å². The molecule has 0 aliphatic rings. The highest BCUT2D eigenvalue weighted by Gasteiger charge is 2.28. The number of hydrogen-bond acceptors (Lipinski definition) is 8. The van der Waals surface area contributed by atoms with Crippen molar-refractivity contribution in [3.8, 4) is 0 Å². The summed E-state index contributed by atoms with van der Waals surface area (Å²) in [6, 6.07) is -1.54. The summed E-state index contributed by atoms with van der Waals surface area (Å²) in [4.78, 5) is 46.0. The van der Waals surface area contributed by atoms with E-state index in [0.717, 1.165) is 38.5 Å². The zero-order valence-corrected chi connectivity index (χ0v) is 38.7. The molecule has 0 aliphatic heterocycles. The van der Waals surface area contributed by atoms with E-state index in [9.17, 15) is 34.1 Å². The molecular formula is C47H90NO10P. The molecule has 0 aromatic heterocycles. The van der Waals surface area contributed by atoms with E-state index in [0.29, 0.717) is 12.8 Å². The van der Waals surface area contributed by atoms with Crippen LogP contribution in [0, 0.1) is 0 Å². The summed E-state index contributed by atoms with van der Waals surface area (Å²) < 4.78 is 26.9. The molecule has 0 aromatic carbocycles. The average molecular weight is 860 g/mol. The molecule has 1 amide bonds. The number of phosphoric acid groups is 1. The van der Waals surface area contributed by atoms with E-state index in [1.807, 2.05) is 0 Å². The lowest BCUT2D eigenvalue weighted by Gasteiger charge is -2.18. The monoisotopic (exact) mass is 860 g/mol. The van der Waals surface area contributed by atoms with Crippen molar-refractivity contribution >= 4 is 25.7 Å². The predicted octanol–water partition coefficient (Wildman–Crippen LogP) is 12.8. The maximum Gasteiger partial charge on any atom is 0.472 e. The molecule has 0 spiro atoms. The van der Waals surface area contributed by atoms with Crippen LogP contribution in [0.4, 0.5) is 0 Å². The maximum absolute atomic E-state index is 12.3. The van der Waals surface area contributed by atoms with E-state index < -0.39 is 57.6 Å². The molecule has 348 valence electrons. The first-order valence-electron chi connectivity index (χ1n) is 24.2. The van der Waals surface area contributed by atoms with Crippen LogP contribution in [0.5, 0.6) is 0 Å². The molecule has 59 heavy (non-hydrogen) atoms. The number of nitrogens with one attached hydrogen (secondary N) is 1. The number of phosphoric ester groups is 1. The van der Waals surface area contributed by atoms with Crippen LogP contribution in [0.2, 0.25) is 0 Å². The molecule has 0 rings (SSSR count). The van der Waals surface area contributed by atoms with Crippen LogP contribution in [0.25, 0.3) is 0 Å². The van der Waals surface area contributed by atoms with Gasteiger partial charge in [-0.25, -0.2) is 9.36 Å². The number of hydrogen-bond donors (Lipinski definition) is 4. The molecule has 0 radical (unpaired) electrons. The lowest BCUT2D eigenvalue weighted by Crippen LogP contribution is -2.43. The van der Waals surface area contributed by atoms with Crippen LogP contribution in [0.1, 0.15) is 239 Å². The lowest BCUT2D eigenvalue weighted by molar-refractivity contribution is -0.147. The third kappa shape index (κ3) is 42.7. The highest BCUT2D eigenvalue weighted by Crippen LogP contribution is 2.43. The van der Waals surface area contributed by atoms with Gasteiger partial charge in [-0.1, -0.05) is 199 Å². The van der Waals surface area contributed by atoms with E-state index in [-0.39, 0.29) is 12.8 Å². The van der Waals surface area contributed by atoms with Gasteiger partial charge in [0.1, 0.15) is 12.7 Å². The Morgan fingerprint density at radius 2 is 0.881 bits per heavy atom. The molecule has 0 fully saturated rings. The standard InChI is InChI=1S/C47H90NO10P/c1-3-5-7-9-11-13-15-17-19-21-22-23-25-27-29-31-33-35-37-39-46(51)56-40-43(49)41-57-59(54,55)58-42-44(47(52)53)48-45(50)38-36-34-32-30-28-26-24-20-18-16-14-12-10-8-6-4-2/h17,19,43-44,49H,3-16,18,20-42H2,1-2H3,(H,48,50)(H,52,53)(H,54,55)/b19-17+. The summed E-state index contributed by atoms with van der Waals surface area (Å²) >= 11 is 0. The Balaban J connectivity index is 3.82. The number of amides is 1. The van der Waals surface area contributed by atoms with Crippen LogP contribution in [0.3, 0.4) is 0 Å². The van der Waals surface area contributed by atoms with Crippen molar-refractivity contribution in [2.75, 3.05) is 19.8 Å². The van der Waals surface area contributed by atoms with E-state index >= 15 is 0 Å². The fraction of sp³-hybridized carbons (Fsp3) is 0.894. The Morgan fingerprint density at radius 1 is 0.525 bits per heavy atom. The number of carboxylic acid groups (broad SMARTS) is 1. The number of esters is 1. The van der Waals surface area contributed by atoms with Gasteiger partial charge in [-0.2, -0.15) is 0 Å². The Labute approximate surface area is 360 Å². The smallest absolute Gasteiger partial charge is 0.472 e. The second kappa shape index (κ2) is 42.9. The molecule has 3 unspecified atom stereocenters. The lowest BCUT2D eigenvalue weighted by atomic mass is 10.0. The van der Waals surface area contributed by atoms with Crippen LogP contribution in [-0.4, -0.2) is 64.9 Å². The summed E-state index contributed by atoms with van der Waals surface area (Å²) in [7, 11) is -4.75. The molecule has 0 aromatic rings. The minimum atomic E-state index is -4.75. The summed E-state index contributed by atoms with van der Waals surface area (Å²) in [6.45, 7) is 2.62. The molecule has 0 heterocycles. The van der Waals surface area contributed by atoms with Crippen LogP contribution in [-0.2, 0) is 32.7 Å². The first-order valence-corrected chi connectivity index (χ1v) is 25.7. The van der Waals surface area contributed by atoms with Crippen molar-refractivity contribution in [3.05, 3.63) is 12.2 Å². The Hall–Kier alpha value is -1.78. The van der Waals surface area contributed by atoms with Crippen LogP contribution >= 0.6 is 7.82 Å². The van der Waals surface area contributed by atoms with Gasteiger partial charge in [0.2, 0.25) is 5.91 Å². The Kier molecular flexibility index (Phi) is 41.6. The van der Waals surface area contributed by atoms with Gasteiger partial charge in [0, 0.05) is 12.8 Å². The number of allylic oxidation sites excluding steroid dienone is 2. The van der Waals surface area contributed by atoms with E-state index in [1.54, 1.807) is 0 Å². The van der Waals surface area contributed by atoms with Gasteiger partial charge in [-0.3, -0.25) is 18.6 Å². The number of aliphatic hydroxyl groups is 1. The third-order valence-corrected chi connectivity index (χ3v) is 11.8. The largest absolute Gasteiger partial charge is 0.480 e. The maximum atomic E-state index is 12.3. The predicted molar refractivity (Wildman–Crippen MR) is 240 cm³/mol. The summed E-state index contributed by atoms with van der Waals surface area (Å²) in [5.74, 6) is -2.36. The number of rotatable bonds is 46. The number of unbranched alkanes of at least 4 members (excludes halogenated alkanes) is 30. The first kappa shape index (κ1) is 57.2. The van der Waals surface area contributed by atoms with Crippen molar-refractivity contribution in [2.45, 2.75) is 251 Å². The zero-order valence-electron chi connectivity index (χ0n) is 37.8. The normalized spacial score (nSPS) is 13.7. The number of carboxylic acids is 1. The molecule has 0 saturated heterocycles. The van der Waals surface area contributed by atoms with Gasteiger partial charge in [0.25, 0.3) is 0 Å². The Bertz CT molecular complexity index is 1060. The van der Waals surface area contributed by atoms with Crippen LogP contribution < -0.4 is 5.32 Å². The fourth-order valence-corrected chi connectivity index (χ4v) is 7.79. The summed E-state index contributed by atoms with van der Waals surface area (Å²) in [5.41, 5.74) is 0. The van der Waals surface area contributed by atoms with Gasteiger partial charge < -0.3 is 25.2 Å². The number of carbonyl (C=O) groups excluding carboxylic acids is 2. The number of aliphatic hydroxyl groups excluding tert-OH is 1. The van der Waals surface area contributed by atoms with E-state index in [4.69, 9.17) is 13.8 Å². The molecule has 3 atom stereocenters. The quantitative estimate of drug-likeness (QED) is 0.0200. The molecule has 0 bridgehead atoms.